The van der Waals surface area contributed by atoms with E-state index in [1.807, 2.05) is 0 Å². The Morgan fingerprint density at radius 1 is 0.627 bits per heavy atom. The van der Waals surface area contributed by atoms with Crippen molar-refractivity contribution in [2.45, 2.75) is 192 Å². The Balaban J connectivity index is 2.40. The molecule has 0 aliphatic carbocycles. The molecule has 1 rings (SSSR count). The van der Waals surface area contributed by atoms with Crippen molar-refractivity contribution < 1.29 is 49.0 Å². The van der Waals surface area contributed by atoms with E-state index < -0.39 is 49.4 Å². The summed E-state index contributed by atoms with van der Waals surface area (Å²) in [4.78, 5) is 25.2. The lowest BCUT2D eigenvalue weighted by Crippen LogP contribution is -2.59. The van der Waals surface area contributed by atoms with Crippen LogP contribution in [-0.2, 0) is 28.5 Å². The van der Waals surface area contributed by atoms with Crippen molar-refractivity contribution >= 4 is 11.9 Å². The first-order valence-electron chi connectivity index (χ1n) is 20.1. The molecule has 6 unspecified atom stereocenters. The second-order valence-electron chi connectivity index (χ2n) is 13.7. The molecule has 0 bridgehead atoms. The molecule has 1 fully saturated rings. The summed E-state index contributed by atoms with van der Waals surface area (Å²) in [5.41, 5.74) is 0. The fourth-order valence-electron chi connectivity index (χ4n) is 5.85. The quantitative estimate of drug-likeness (QED) is 0.0311. The number of rotatable bonds is 32. The van der Waals surface area contributed by atoms with Crippen LogP contribution in [-0.4, -0.2) is 89.0 Å². The first kappa shape index (κ1) is 46.9. The molecule has 0 aromatic heterocycles. The van der Waals surface area contributed by atoms with Crippen LogP contribution >= 0.6 is 0 Å². The Morgan fingerprint density at radius 3 is 1.75 bits per heavy atom. The van der Waals surface area contributed by atoms with Crippen LogP contribution in [0.4, 0.5) is 0 Å². The van der Waals surface area contributed by atoms with E-state index in [4.69, 9.17) is 18.9 Å². The monoisotopic (exact) mass is 725 g/mol. The van der Waals surface area contributed by atoms with Gasteiger partial charge < -0.3 is 39.4 Å². The molecule has 6 atom stereocenters. The van der Waals surface area contributed by atoms with E-state index >= 15 is 0 Å². The molecule has 4 N–H and O–H groups in total. The minimum absolute atomic E-state index is 0.196. The lowest BCUT2D eigenvalue weighted by Gasteiger charge is -2.39. The van der Waals surface area contributed by atoms with E-state index in [1.54, 1.807) is 0 Å². The Bertz CT molecular complexity index is 933. The summed E-state index contributed by atoms with van der Waals surface area (Å²) in [7, 11) is 0. The molecule has 10 nitrogen and oxygen atoms in total. The molecule has 1 heterocycles. The summed E-state index contributed by atoms with van der Waals surface area (Å²) in [6.45, 7) is 3.26. The van der Waals surface area contributed by atoms with Crippen LogP contribution in [0.3, 0.4) is 0 Å². The van der Waals surface area contributed by atoms with Crippen LogP contribution < -0.4 is 0 Å². The maximum atomic E-state index is 12.7. The summed E-state index contributed by atoms with van der Waals surface area (Å²) < 4.78 is 22.0. The van der Waals surface area contributed by atoms with Crippen LogP contribution in [0.5, 0.6) is 0 Å². The number of aliphatic hydroxyl groups excluding tert-OH is 4. The predicted molar refractivity (Wildman–Crippen MR) is 201 cm³/mol. The average Bonchev–Trinajstić information content (AvgIpc) is 3.13. The number of unbranched alkanes of at least 4 members (excludes halogenated alkanes) is 15. The summed E-state index contributed by atoms with van der Waals surface area (Å²) in [5, 5.41) is 39.9. The number of carbonyl (C=O) groups excluding carboxylic acids is 2. The summed E-state index contributed by atoms with van der Waals surface area (Å²) >= 11 is 0. The van der Waals surface area contributed by atoms with Crippen molar-refractivity contribution in [3.05, 3.63) is 36.5 Å². The number of allylic oxidation sites excluding steroid dienone is 6. The van der Waals surface area contributed by atoms with E-state index in [9.17, 15) is 30.0 Å². The highest BCUT2D eigenvalue weighted by atomic mass is 16.7. The largest absolute Gasteiger partial charge is 0.462 e. The van der Waals surface area contributed by atoms with Crippen molar-refractivity contribution in [2.24, 2.45) is 0 Å². The molecule has 1 saturated heterocycles. The molecule has 0 spiro atoms. The van der Waals surface area contributed by atoms with E-state index in [1.165, 1.54) is 64.2 Å². The van der Waals surface area contributed by atoms with Gasteiger partial charge in [0.2, 0.25) is 0 Å². The van der Waals surface area contributed by atoms with Gasteiger partial charge in [0.15, 0.2) is 12.4 Å². The Hall–Kier alpha value is -2.08. The molecule has 296 valence electrons. The maximum absolute atomic E-state index is 12.7. The third-order valence-corrected chi connectivity index (χ3v) is 9.04. The normalized spacial score (nSPS) is 21.6. The Labute approximate surface area is 308 Å². The first-order chi connectivity index (χ1) is 24.8. The third kappa shape index (κ3) is 24.7. The van der Waals surface area contributed by atoms with Gasteiger partial charge in [0, 0.05) is 12.8 Å². The summed E-state index contributed by atoms with van der Waals surface area (Å²) in [6.07, 6.45) is 27.3. The Kier molecular flexibility index (Phi) is 30.0. The van der Waals surface area contributed by atoms with Crippen LogP contribution in [0.1, 0.15) is 155 Å². The molecule has 0 amide bonds. The van der Waals surface area contributed by atoms with Gasteiger partial charge in [0.25, 0.3) is 0 Å². The highest BCUT2D eigenvalue weighted by molar-refractivity contribution is 5.70. The molecule has 51 heavy (non-hydrogen) atoms. The van der Waals surface area contributed by atoms with Gasteiger partial charge in [-0.2, -0.15) is 0 Å². The van der Waals surface area contributed by atoms with Gasteiger partial charge in [0.1, 0.15) is 31.0 Å². The van der Waals surface area contributed by atoms with Gasteiger partial charge in [0.05, 0.1) is 13.2 Å². The van der Waals surface area contributed by atoms with Crippen molar-refractivity contribution in [1.29, 1.82) is 0 Å². The summed E-state index contributed by atoms with van der Waals surface area (Å²) in [5.74, 6) is -0.841. The van der Waals surface area contributed by atoms with Gasteiger partial charge in [-0.15, -0.1) is 0 Å². The number of esters is 2. The molecule has 1 aliphatic rings. The number of carbonyl (C=O) groups is 2. The topological polar surface area (TPSA) is 152 Å². The van der Waals surface area contributed by atoms with Gasteiger partial charge in [-0.25, -0.2) is 0 Å². The third-order valence-electron chi connectivity index (χ3n) is 9.04. The lowest BCUT2D eigenvalue weighted by atomic mass is 9.99. The van der Waals surface area contributed by atoms with Gasteiger partial charge >= 0.3 is 11.9 Å². The van der Waals surface area contributed by atoms with Crippen molar-refractivity contribution in [1.82, 2.24) is 0 Å². The number of ether oxygens (including phenoxy) is 4. The molecular formula is C41H72O10. The second kappa shape index (κ2) is 32.6. The molecule has 0 saturated carbocycles. The first-order valence-corrected chi connectivity index (χ1v) is 20.1. The van der Waals surface area contributed by atoms with E-state index in [2.05, 4.69) is 50.3 Å². The molecule has 10 heteroatoms. The predicted octanol–water partition coefficient (Wildman–Crippen LogP) is 7.55. The lowest BCUT2D eigenvalue weighted by molar-refractivity contribution is -0.305. The average molecular weight is 725 g/mol. The van der Waals surface area contributed by atoms with E-state index in [-0.39, 0.29) is 32.0 Å². The minimum atomic E-state index is -1.60. The highest BCUT2D eigenvalue weighted by Crippen LogP contribution is 2.22. The fraction of sp³-hybridized carbons (Fsp3) is 0.805. The van der Waals surface area contributed by atoms with E-state index in [0.717, 1.165) is 57.8 Å². The van der Waals surface area contributed by atoms with Crippen molar-refractivity contribution in [2.75, 3.05) is 19.8 Å². The molecular weight excluding hydrogens is 652 g/mol. The zero-order valence-electron chi connectivity index (χ0n) is 31.8. The standard InChI is InChI=1S/C41H72O10/c1-3-5-7-9-11-13-15-17-19-21-23-25-27-29-36(43)48-32-34(33-49-41-40(47)39(46)38(45)35(31-42)51-41)50-37(44)30-28-26-24-22-20-18-16-14-12-10-8-6-4-2/h6,8,12,14,18,20,34-35,38-42,45-47H,3-5,7,9-11,13,15-17,19,21-33H2,1-2H3/b8-6-,14-12-,20-18-. The molecule has 0 aromatic rings. The fourth-order valence-corrected chi connectivity index (χ4v) is 5.85. The van der Waals surface area contributed by atoms with Crippen LogP contribution in [0.25, 0.3) is 0 Å². The number of hydrogen-bond donors (Lipinski definition) is 4. The smallest absolute Gasteiger partial charge is 0.306 e. The zero-order chi connectivity index (χ0) is 37.4. The zero-order valence-corrected chi connectivity index (χ0v) is 31.8. The van der Waals surface area contributed by atoms with Gasteiger partial charge in [-0.3, -0.25) is 9.59 Å². The van der Waals surface area contributed by atoms with Crippen molar-refractivity contribution in [3.63, 3.8) is 0 Å². The number of hydrogen-bond acceptors (Lipinski definition) is 10. The number of aliphatic hydroxyl groups is 4. The van der Waals surface area contributed by atoms with E-state index in [0.29, 0.717) is 6.42 Å². The van der Waals surface area contributed by atoms with Gasteiger partial charge in [-0.05, 0) is 44.9 Å². The maximum Gasteiger partial charge on any atom is 0.306 e. The minimum Gasteiger partial charge on any atom is -0.462 e. The molecule has 1 aliphatic heterocycles. The summed E-state index contributed by atoms with van der Waals surface area (Å²) in [6, 6.07) is 0. The van der Waals surface area contributed by atoms with Crippen LogP contribution in [0, 0.1) is 0 Å². The highest BCUT2D eigenvalue weighted by Gasteiger charge is 2.44. The van der Waals surface area contributed by atoms with Crippen LogP contribution in [0.15, 0.2) is 36.5 Å². The Morgan fingerprint density at radius 2 is 1.16 bits per heavy atom. The SMILES string of the molecule is CC/C=C\C/C=C\C/C=C\CCCCCC(=O)OC(COC(=O)CCCCCCCCCCCCCCC)COC1OC(CO)C(O)C(O)C1O. The van der Waals surface area contributed by atoms with Gasteiger partial charge in [-0.1, -0.05) is 134 Å². The van der Waals surface area contributed by atoms with Crippen molar-refractivity contribution in [3.8, 4) is 0 Å². The molecule has 0 radical (unpaired) electrons. The molecule has 0 aromatic carbocycles. The van der Waals surface area contributed by atoms with Crippen LogP contribution in [0.2, 0.25) is 0 Å². The second-order valence-corrected chi connectivity index (χ2v) is 13.7.